The fourth-order valence-corrected chi connectivity index (χ4v) is 9.77. The van der Waals surface area contributed by atoms with Crippen LogP contribution in [0.2, 0.25) is 0 Å². The van der Waals surface area contributed by atoms with E-state index in [4.69, 9.17) is 17.2 Å². The molecule has 0 aliphatic rings. The molecule has 0 rings (SSSR count). The normalized spacial score (nSPS) is 17.0. The lowest BCUT2D eigenvalue weighted by Gasteiger charge is -2.33. The van der Waals surface area contributed by atoms with Crippen LogP contribution >= 0.6 is 25.3 Å². The van der Waals surface area contributed by atoms with E-state index in [1.807, 2.05) is 5.32 Å². The Balaban J connectivity index is 6.90. The van der Waals surface area contributed by atoms with Gasteiger partial charge in [0.05, 0.1) is 25.3 Å². The molecule has 0 fully saturated rings. The van der Waals surface area contributed by atoms with Crippen LogP contribution in [0.3, 0.4) is 0 Å². The van der Waals surface area contributed by atoms with Crippen LogP contribution in [0.5, 0.6) is 0 Å². The number of carbonyl (C=O) groups is 15. The number of nitrogens with two attached hydrogens (primary N) is 3. The second-order valence-electron chi connectivity index (χ2n) is 24.0. The van der Waals surface area contributed by atoms with E-state index >= 15 is 0 Å². The summed E-state index contributed by atoms with van der Waals surface area (Å²) in [5, 5.41) is 56.7. The van der Waals surface area contributed by atoms with E-state index in [0.29, 0.717) is 38.5 Å². The summed E-state index contributed by atoms with van der Waals surface area (Å²) in [6.07, 6.45) is -0.452. The molecule has 0 unspecified atom stereocenters. The predicted octanol–water partition coefficient (Wildman–Crippen LogP) is -2.18. The molecule has 0 bridgehead atoms. The van der Waals surface area contributed by atoms with Crippen molar-refractivity contribution < 1.29 is 87.2 Å². The summed E-state index contributed by atoms with van der Waals surface area (Å²) >= 11 is 8.55. The van der Waals surface area contributed by atoms with Gasteiger partial charge in [0.15, 0.2) is 0 Å². The molecule has 0 aromatic heterocycles. The minimum absolute atomic E-state index is 0.145. The van der Waals surface area contributed by atoms with E-state index in [9.17, 15) is 87.2 Å². The van der Waals surface area contributed by atoms with Gasteiger partial charge in [0.25, 0.3) is 0 Å². The van der Waals surface area contributed by atoms with E-state index in [1.165, 1.54) is 0 Å². The van der Waals surface area contributed by atoms with Gasteiger partial charge in [-0.25, -0.2) is 4.79 Å². The zero-order valence-corrected chi connectivity index (χ0v) is 57.9. The summed E-state index contributed by atoms with van der Waals surface area (Å²) in [7, 11) is 0. The third-order valence-corrected chi connectivity index (χ3v) is 17.5. The Hall–Kier alpha value is -7.33. The third kappa shape index (κ3) is 29.5. The highest BCUT2D eigenvalue weighted by Gasteiger charge is 2.41. The van der Waals surface area contributed by atoms with Gasteiger partial charge in [0, 0.05) is 11.5 Å². The molecule has 94 heavy (non-hydrogen) atoms. The van der Waals surface area contributed by atoms with Gasteiger partial charge in [-0.15, -0.1) is 0 Å². The van der Waals surface area contributed by atoms with E-state index in [-0.39, 0.29) is 37.3 Å². The first-order chi connectivity index (χ1) is 44.0. The van der Waals surface area contributed by atoms with E-state index < -0.39 is 216 Å². The fraction of sp³-hybridized carbons (Fsp3) is 0.750. The molecule has 0 heterocycles. The van der Waals surface area contributed by atoms with Crippen LogP contribution in [0.4, 0.5) is 0 Å². The number of thiol groups is 2. The van der Waals surface area contributed by atoms with Gasteiger partial charge < -0.3 is 91.0 Å². The average molecular weight is 1380 g/mol. The number of hydrogen-bond donors (Lipinski definition) is 19. The number of carbonyl (C=O) groups excluding carboxylic acids is 12. The van der Waals surface area contributed by atoms with E-state index in [1.54, 1.807) is 83.1 Å². The largest absolute Gasteiger partial charge is 0.481 e. The van der Waals surface area contributed by atoms with Crippen molar-refractivity contribution in [3.05, 3.63) is 0 Å². The summed E-state index contributed by atoms with van der Waals surface area (Å²) in [6.45, 7) is 20.6. The second kappa shape index (κ2) is 44.4. The molecular weight excluding hydrogens is 1270 g/mol. The van der Waals surface area contributed by atoms with Crippen molar-refractivity contribution in [2.24, 2.45) is 52.7 Å². The van der Waals surface area contributed by atoms with Gasteiger partial charge in [0.1, 0.15) is 66.5 Å². The number of carboxylic acids is 3. The Labute approximate surface area is 560 Å². The molecule has 32 nitrogen and oxygen atoms in total. The lowest BCUT2D eigenvalue weighted by Crippen LogP contribution is -2.63. The van der Waals surface area contributed by atoms with Crippen molar-refractivity contribution in [2.75, 3.05) is 18.1 Å². The summed E-state index contributed by atoms with van der Waals surface area (Å²) in [6, 6.07) is -17.7. The van der Waals surface area contributed by atoms with Crippen molar-refractivity contribution in [3.8, 4) is 0 Å². The lowest BCUT2D eigenvalue weighted by atomic mass is 9.92. The first kappa shape index (κ1) is 86.7. The van der Waals surface area contributed by atoms with Crippen molar-refractivity contribution >= 4 is 114 Å². The van der Waals surface area contributed by atoms with Gasteiger partial charge in [-0.05, 0) is 61.3 Å². The number of rotatable bonds is 47. The molecule has 536 valence electrons. The van der Waals surface area contributed by atoms with Gasteiger partial charge in [0.2, 0.25) is 70.9 Å². The van der Waals surface area contributed by atoms with Crippen LogP contribution in [0.25, 0.3) is 0 Å². The molecule has 0 aromatic rings. The Morgan fingerprint density at radius 2 is 0.585 bits per heavy atom. The van der Waals surface area contributed by atoms with Crippen molar-refractivity contribution in [3.63, 3.8) is 0 Å². The second-order valence-corrected chi connectivity index (χ2v) is 24.7. The molecule has 0 radical (unpaired) electrons. The summed E-state index contributed by atoms with van der Waals surface area (Å²) in [4.78, 5) is 200. The van der Waals surface area contributed by atoms with Crippen LogP contribution in [-0.4, -0.2) is 195 Å². The Morgan fingerprint density at radius 3 is 0.883 bits per heavy atom. The highest BCUT2D eigenvalue weighted by Crippen LogP contribution is 2.18. The van der Waals surface area contributed by atoms with Gasteiger partial charge in [-0.2, -0.15) is 25.3 Å². The maximum atomic E-state index is 14.6. The highest BCUT2D eigenvalue weighted by atomic mass is 32.1. The molecule has 18 atom stereocenters. The Bertz CT molecular complexity index is 2590. The average Bonchev–Trinajstić information content (AvgIpc) is 0.861. The van der Waals surface area contributed by atoms with Crippen molar-refractivity contribution in [1.82, 2.24) is 58.5 Å². The molecule has 20 N–H and O–H groups in total. The van der Waals surface area contributed by atoms with Crippen LogP contribution in [-0.2, 0) is 71.9 Å². The van der Waals surface area contributed by atoms with Crippen molar-refractivity contribution in [2.45, 2.75) is 233 Å². The topological polar surface area (TPSA) is 527 Å². The molecular formula is C60H106N14O18S2. The molecule has 0 spiro atoms. The highest BCUT2D eigenvalue weighted by molar-refractivity contribution is 7.80. The molecule has 0 aromatic carbocycles. The first-order valence-electron chi connectivity index (χ1n) is 32.0. The molecule has 0 aliphatic heterocycles. The summed E-state index contributed by atoms with van der Waals surface area (Å²) < 4.78 is 0. The van der Waals surface area contributed by atoms with Crippen LogP contribution < -0.4 is 75.7 Å². The minimum Gasteiger partial charge on any atom is -0.481 e. The lowest BCUT2D eigenvalue weighted by molar-refractivity contribution is -0.144. The molecule has 0 aliphatic carbocycles. The number of hydrogen-bond acceptors (Lipinski definition) is 19. The first-order valence-corrected chi connectivity index (χ1v) is 33.2. The number of unbranched alkanes of at least 4 members (excludes halogenated alkanes) is 1. The SMILES string of the molecule is CC[C@H](C)[C@H](NC(=O)[C@@H](NC(=O)[C@H](CS)NC(=O)[C@H](CS)NC(=O)[C@@H](NC(=O)[C@@H](NC(=O)[C@@H](NC(=O)[C@@H](NC(=O)[C@H](CCCCN)NC(=O)[C@H](CC(=O)O)NC(=O)[C@H](CC(=O)O)NC(=O)[C@@H](N)CC(N)=O)[C@@H](C)CC)[C@@H](C)CC)[C@@H](C)CC)[C@@H](C)CC)[C@@H](C)CC)C(=O)O. The van der Waals surface area contributed by atoms with Crippen LogP contribution in [0.15, 0.2) is 0 Å². The van der Waals surface area contributed by atoms with Gasteiger partial charge >= 0.3 is 17.9 Å². The smallest absolute Gasteiger partial charge is 0.326 e. The number of amides is 12. The Kier molecular flexibility index (Phi) is 40.9. The van der Waals surface area contributed by atoms with Gasteiger partial charge in [-0.1, -0.05) is 122 Å². The third-order valence-electron chi connectivity index (χ3n) is 16.7. The number of primary amides is 1. The summed E-state index contributed by atoms with van der Waals surface area (Å²) in [5.41, 5.74) is 16.5. The fourth-order valence-electron chi connectivity index (χ4n) is 9.26. The summed E-state index contributed by atoms with van der Waals surface area (Å²) in [5.74, 6) is -19.9. The quantitative estimate of drug-likeness (QED) is 0.0228. The maximum absolute atomic E-state index is 14.6. The maximum Gasteiger partial charge on any atom is 0.326 e. The van der Waals surface area contributed by atoms with E-state index in [0.717, 1.165) is 0 Å². The monoisotopic (exact) mass is 1370 g/mol. The zero-order chi connectivity index (χ0) is 72.4. The molecule has 34 heteroatoms. The minimum atomic E-state index is -1.99. The molecule has 0 saturated heterocycles. The van der Waals surface area contributed by atoms with Crippen molar-refractivity contribution in [1.29, 1.82) is 0 Å². The predicted molar refractivity (Wildman–Crippen MR) is 353 cm³/mol. The number of carboxylic acid groups (broad SMARTS) is 3. The molecule has 0 saturated carbocycles. The van der Waals surface area contributed by atoms with Crippen LogP contribution in [0, 0.1) is 35.5 Å². The Morgan fingerprint density at radius 1 is 0.340 bits per heavy atom. The standard InChI is InChI=1S/C60H106N14O18S2/c1-13-28(7)43(55(86)68-38(26-93)53(84)67-39(27-94)54(85)70-45(30(9)15-3)59(90)74-48(60(91)92)33(12)18-6)71-57(88)46(31(10)16-4)73-58(89)47(32(11)17-5)72-56(87)44(29(8)14-2)69-50(81)35(21-19-20-22-61)64-51(82)37(25-42(78)79)66-52(83)36(24-41(76)77)65-49(80)34(62)23-40(63)75/h28-39,43-48,93-94H,13-27,61-62H2,1-12H3,(H2,63,75)(H,64,82)(H,65,80)(H,66,83)(H,67,84)(H,68,86)(H,69,81)(H,70,85)(H,71,88)(H,72,87)(H,73,89)(H,74,90)(H,76,77)(H,78,79)(H,91,92)/t28-,29-,30-,31-,32-,33-,34-,35-,36-,37-,38-,39-,43-,44-,45-,46-,47-,48-/m0/s1. The number of aliphatic carboxylic acids is 3. The van der Waals surface area contributed by atoms with Crippen LogP contribution in [0.1, 0.15) is 160 Å². The number of nitrogens with one attached hydrogen (secondary N) is 11. The molecule has 12 amide bonds. The van der Waals surface area contributed by atoms with E-state index in [2.05, 4.69) is 78.4 Å². The zero-order valence-electron chi connectivity index (χ0n) is 56.1. The van der Waals surface area contributed by atoms with Gasteiger partial charge in [-0.3, -0.25) is 67.1 Å².